The molecule has 8 nitrogen and oxygen atoms in total. The minimum atomic E-state index is -0.868. The molecule has 0 amide bonds. The molecule has 0 fully saturated rings. The standard InChI is InChI=1S/C30H30N4O4.2ClH/c1-15-9-20-12-25-17(3)21(5-7-29(35)36)27(33-25)14-28-22(6-8-30(37)38)18(4)26(34-28)13-24-16(2)10-19(32-24)11-23(15)31-20;;/h9-14,32-33H,5-8H2,1-4H3,(H,35,36)(H,37,38);2*1H. The van der Waals surface area contributed by atoms with E-state index in [4.69, 9.17) is 9.97 Å². The maximum absolute atomic E-state index is 11.4. The van der Waals surface area contributed by atoms with E-state index in [-0.39, 0.29) is 37.7 Å². The van der Waals surface area contributed by atoms with E-state index in [2.05, 4.69) is 16.0 Å². The van der Waals surface area contributed by atoms with Crippen LogP contribution in [-0.4, -0.2) is 42.1 Å². The van der Waals surface area contributed by atoms with E-state index >= 15 is 0 Å². The lowest BCUT2D eigenvalue weighted by Gasteiger charge is -2.03. The van der Waals surface area contributed by atoms with Gasteiger partial charge in [-0.15, -0.1) is 24.8 Å². The molecule has 0 aliphatic carbocycles. The number of nitrogens with one attached hydrogen (secondary N) is 2. The van der Waals surface area contributed by atoms with Crippen LogP contribution in [-0.2, 0) is 16.0 Å². The first-order chi connectivity index (χ1) is 18.1. The lowest BCUT2D eigenvalue weighted by atomic mass is 10.0. The molecule has 2 aliphatic heterocycles. The number of carboxylic acid groups (broad SMARTS) is 2. The van der Waals surface area contributed by atoms with Crippen molar-refractivity contribution in [1.29, 1.82) is 0 Å². The van der Waals surface area contributed by atoms with Gasteiger partial charge in [0, 0.05) is 34.9 Å². The van der Waals surface area contributed by atoms with Crippen molar-refractivity contribution in [1.82, 2.24) is 19.9 Å². The second-order valence-corrected chi connectivity index (χ2v) is 9.98. The van der Waals surface area contributed by atoms with Crippen molar-refractivity contribution < 1.29 is 19.8 Å². The van der Waals surface area contributed by atoms with Crippen LogP contribution < -0.4 is 0 Å². The molecule has 3 aromatic heterocycles. The van der Waals surface area contributed by atoms with Crippen LogP contribution in [0.5, 0.6) is 0 Å². The maximum Gasteiger partial charge on any atom is 0.303 e. The van der Waals surface area contributed by atoms with E-state index in [1.807, 2.05) is 58.0 Å². The van der Waals surface area contributed by atoms with E-state index in [0.717, 1.165) is 72.6 Å². The topological polar surface area (TPSA) is 132 Å². The molecule has 0 saturated carbocycles. The quantitative estimate of drug-likeness (QED) is 0.244. The molecule has 8 bridgehead atoms. The third-order valence-electron chi connectivity index (χ3n) is 7.26. The molecule has 0 saturated heterocycles. The Morgan fingerprint density at radius 2 is 1.43 bits per heavy atom. The molecule has 40 heavy (non-hydrogen) atoms. The Kier molecular flexibility index (Phi) is 9.28. The van der Waals surface area contributed by atoms with E-state index in [1.54, 1.807) is 0 Å². The number of hydrogen-bond acceptors (Lipinski definition) is 4. The number of nitrogens with zero attached hydrogens (tertiary/aromatic N) is 2. The summed E-state index contributed by atoms with van der Waals surface area (Å²) in [5, 5.41) is 18.7. The lowest BCUT2D eigenvalue weighted by molar-refractivity contribution is -0.137. The molecular weight excluding hydrogens is 551 g/mol. The van der Waals surface area contributed by atoms with Gasteiger partial charge in [-0.05, 0) is 110 Å². The Morgan fingerprint density at radius 1 is 0.750 bits per heavy atom. The number of aromatic nitrogens is 4. The van der Waals surface area contributed by atoms with Crippen LogP contribution in [0.2, 0.25) is 0 Å². The molecular formula is C30H32Cl2N4O4. The largest absolute Gasteiger partial charge is 0.481 e. The fraction of sp³-hybridized carbons (Fsp3) is 0.267. The number of halogens is 2. The predicted molar refractivity (Wildman–Crippen MR) is 164 cm³/mol. The van der Waals surface area contributed by atoms with Gasteiger partial charge < -0.3 is 20.2 Å². The number of H-pyrrole nitrogens is 2. The van der Waals surface area contributed by atoms with Gasteiger partial charge >= 0.3 is 11.9 Å². The van der Waals surface area contributed by atoms with Crippen molar-refractivity contribution in [2.75, 3.05) is 0 Å². The van der Waals surface area contributed by atoms with Crippen molar-refractivity contribution in [2.45, 2.75) is 53.4 Å². The summed E-state index contributed by atoms with van der Waals surface area (Å²) in [4.78, 5) is 39.5. The van der Waals surface area contributed by atoms with Crippen LogP contribution in [0.25, 0.3) is 44.9 Å². The Morgan fingerprint density at radius 3 is 2.12 bits per heavy atom. The second kappa shape index (κ2) is 12.1. The summed E-state index contributed by atoms with van der Waals surface area (Å²) >= 11 is 0. The van der Waals surface area contributed by atoms with Crippen molar-refractivity contribution >= 4 is 81.6 Å². The van der Waals surface area contributed by atoms with Gasteiger partial charge in [0.15, 0.2) is 0 Å². The highest BCUT2D eigenvalue weighted by Crippen LogP contribution is 2.34. The van der Waals surface area contributed by atoms with Gasteiger partial charge in [0.25, 0.3) is 0 Å². The third kappa shape index (κ3) is 6.13. The monoisotopic (exact) mass is 582 g/mol. The summed E-state index contributed by atoms with van der Waals surface area (Å²) < 4.78 is 0. The molecule has 0 atom stereocenters. The van der Waals surface area contributed by atoms with E-state index in [9.17, 15) is 19.8 Å². The van der Waals surface area contributed by atoms with E-state index in [0.29, 0.717) is 18.5 Å². The molecule has 5 heterocycles. The van der Waals surface area contributed by atoms with Gasteiger partial charge in [-0.2, -0.15) is 0 Å². The van der Waals surface area contributed by atoms with Crippen molar-refractivity contribution in [3.8, 4) is 0 Å². The molecule has 4 N–H and O–H groups in total. The number of carbonyl (C=O) groups is 2. The smallest absolute Gasteiger partial charge is 0.303 e. The van der Waals surface area contributed by atoms with E-state index in [1.165, 1.54) is 0 Å². The van der Waals surface area contributed by atoms with Gasteiger partial charge in [0.05, 0.1) is 22.8 Å². The average molecular weight is 584 g/mol. The van der Waals surface area contributed by atoms with Crippen LogP contribution in [0.3, 0.4) is 0 Å². The van der Waals surface area contributed by atoms with Crippen molar-refractivity contribution in [2.24, 2.45) is 0 Å². The summed E-state index contributed by atoms with van der Waals surface area (Å²) in [6, 6.07) is 10.00. The first-order valence-corrected chi connectivity index (χ1v) is 12.6. The number of aromatic amines is 2. The zero-order valence-corrected chi connectivity index (χ0v) is 24.3. The van der Waals surface area contributed by atoms with Gasteiger partial charge in [0.2, 0.25) is 0 Å². The molecule has 3 aromatic rings. The Labute approximate surface area is 244 Å². The molecule has 0 radical (unpaired) electrons. The summed E-state index contributed by atoms with van der Waals surface area (Å²) in [5.74, 6) is -1.73. The SMILES string of the molecule is CC1=Cc2cc3[nH]c(cc4nc(cc5[nH]c(cc1n2)cc5C)C(C)=C4CCC(=O)O)c(CCC(=O)O)c3C.Cl.Cl. The zero-order valence-electron chi connectivity index (χ0n) is 22.7. The summed E-state index contributed by atoms with van der Waals surface area (Å²) in [6.07, 6.45) is 2.73. The maximum atomic E-state index is 11.4. The first kappa shape index (κ1) is 30.7. The molecule has 5 rings (SSSR count). The van der Waals surface area contributed by atoms with Crippen LogP contribution in [0, 0.1) is 13.8 Å². The number of fused-ring (bicyclic) bond motifs is 8. The Bertz CT molecular complexity index is 1730. The Hall–Kier alpha value is -3.88. The highest BCUT2D eigenvalue weighted by Gasteiger charge is 2.19. The second-order valence-electron chi connectivity index (χ2n) is 9.98. The van der Waals surface area contributed by atoms with Crippen LogP contribution in [0.15, 0.2) is 30.3 Å². The fourth-order valence-electron chi connectivity index (χ4n) is 5.11. The van der Waals surface area contributed by atoms with E-state index < -0.39 is 11.9 Å². The lowest BCUT2D eigenvalue weighted by Crippen LogP contribution is -1.98. The molecule has 2 aliphatic rings. The van der Waals surface area contributed by atoms with Crippen LogP contribution >= 0.6 is 24.8 Å². The highest BCUT2D eigenvalue weighted by atomic mass is 35.5. The molecule has 10 heteroatoms. The summed E-state index contributed by atoms with van der Waals surface area (Å²) in [6.45, 7) is 8.01. The fourth-order valence-corrected chi connectivity index (χ4v) is 5.11. The zero-order chi connectivity index (χ0) is 27.1. The Balaban J connectivity index is 0.00000220. The molecule has 0 spiro atoms. The van der Waals surface area contributed by atoms with Crippen LogP contribution in [0.1, 0.15) is 72.6 Å². The molecule has 0 unspecified atom stereocenters. The van der Waals surface area contributed by atoms with Crippen LogP contribution in [0.4, 0.5) is 0 Å². The number of carboxylic acids is 2. The molecule has 0 aromatic carbocycles. The normalized spacial score (nSPS) is 12.4. The number of hydrogen-bond donors (Lipinski definition) is 4. The number of aryl methyl sites for hydroxylation is 3. The van der Waals surface area contributed by atoms with Gasteiger partial charge in [-0.25, -0.2) is 9.97 Å². The minimum absolute atomic E-state index is 0. The van der Waals surface area contributed by atoms with Gasteiger partial charge in [-0.3, -0.25) is 9.59 Å². The minimum Gasteiger partial charge on any atom is -0.481 e. The number of rotatable bonds is 6. The van der Waals surface area contributed by atoms with Crippen molar-refractivity contribution in [3.63, 3.8) is 0 Å². The third-order valence-corrected chi connectivity index (χ3v) is 7.26. The van der Waals surface area contributed by atoms with Crippen molar-refractivity contribution in [3.05, 3.63) is 69.8 Å². The van der Waals surface area contributed by atoms with Gasteiger partial charge in [-0.1, -0.05) is 0 Å². The first-order valence-electron chi connectivity index (χ1n) is 12.6. The highest BCUT2D eigenvalue weighted by molar-refractivity contribution is 5.94. The predicted octanol–water partition coefficient (Wildman–Crippen LogP) is 7.15. The van der Waals surface area contributed by atoms with Gasteiger partial charge in [0.1, 0.15) is 0 Å². The summed E-state index contributed by atoms with van der Waals surface area (Å²) in [7, 11) is 0. The molecule has 210 valence electrons. The summed E-state index contributed by atoms with van der Waals surface area (Å²) in [5.41, 5.74) is 12.4. The number of aliphatic carboxylic acids is 2. The average Bonchev–Trinajstić information content (AvgIpc) is 3.53. The number of allylic oxidation sites excluding steroid dienone is 3.